The Morgan fingerprint density at radius 2 is 1.77 bits per heavy atom. The summed E-state index contributed by atoms with van der Waals surface area (Å²) in [5.41, 5.74) is 1.21. The number of amides is 1. The Balaban J connectivity index is 1.48. The summed E-state index contributed by atoms with van der Waals surface area (Å²) in [5, 5.41) is 16.4. The van der Waals surface area contributed by atoms with Gasteiger partial charge in [-0.3, -0.25) is 4.90 Å². The summed E-state index contributed by atoms with van der Waals surface area (Å²) in [7, 11) is 0. The first-order valence-corrected chi connectivity index (χ1v) is 9.29. The molecule has 3 heterocycles. The summed E-state index contributed by atoms with van der Waals surface area (Å²) in [6, 6.07) is 10.2. The van der Waals surface area contributed by atoms with Gasteiger partial charge in [0.05, 0.1) is 11.3 Å². The van der Waals surface area contributed by atoms with E-state index in [-0.39, 0.29) is 5.95 Å². The second-order valence-corrected chi connectivity index (χ2v) is 6.97. The molecule has 0 atom stereocenters. The normalized spacial score (nSPS) is 15.5. The number of benzene rings is 1. The minimum absolute atomic E-state index is 0.276. The SMILES string of the molecule is O=C(O)N1CCN(Cc2cccc3nc(Nc4ccc(C(F)(F)F)cc4)nn23)CC1. The molecule has 11 heteroatoms. The zero-order valence-electron chi connectivity index (χ0n) is 15.8. The molecule has 158 valence electrons. The molecule has 0 aliphatic carbocycles. The van der Waals surface area contributed by atoms with E-state index in [0.29, 0.717) is 44.1 Å². The molecule has 3 aromatic rings. The Morgan fingerprint density at radius 1 is 1.07 bits per heavy atom. The summed E-state index contributed by atoms with van der Waals surface area (Å²) < 4.78 is 39.8. The van der Waals surface area contributed by atoms with Crippen LogP contribution in [0, 0.1) is 0 Å². The van der Waals surface area contributed by atoms with E-state index in [1.807, 2.05) is 12.1 Å². The zero-order chi connectivity index (χ0) is 21.3. The van der Waals surface area contributed by atoms with Crippen molar-refractivity contribution in [2.45, 2.75) is 12.7 Å². The third kappa shape index (κ3) is 4.30. The Kier molecular flexibility index (Phi) is 5.20. The molecule has 1 aliphatic heterocycles. The maximum Gasteiger partial charge on any atom is 0.416 e. The van der Waals surface area contributed by atoms with Gasteiger partial charge >= 0.3 is 12.3 Å². The molecular formula is C19H19F3N6O2. The van der Waals surface area contributed by atoms with Crippen molar-refractivity contribution in [2.75, 3.05) is 31.5 Å². The maximum atomic E-state index is 12.7. The fraction of sp³-hybridized carbons (Fsp3) is 0.316. The van der Waals surface area contributed by atoms with Gasteiger partial charge in [-0.2, -0.15) is 18.2 Å². The molecule has 8 nitrogen and oxygen atoms in total. The van der Waals surface area contributed by atoms with Gasteiger partial charge in [0, 0.05) is 38.4 Å². The molecule has 0 spiro atoms. The number of hydrogen-bond donors (Lipinski definition) is 2. The van der Waals surface area contributed by atoms with Gasteiger partial charge in [-0.15, -0.1) is 5.10 Å². The van der Waals surface area contributed by atoms with Gasteiger partial charge in [0.25, 0.3) is 0 Å². The van der Waals surface area contributed by atoms with Crippen LogP contribution in [0.2, 0.25) is 0 Å². The quantitative estimate of drug-likeness (QED) is 0.674. The Bertz CT molecular complexity index is 1040. The van der Waals surface area contributed by atoms with Crippen LogP contribution in [0.1, 0.15) is 11.3 Å². The van der Waals surface area contributed by atoms with E-state index in [1.54, 1.807) is 10.6 Å². The monoisotopic (exact) mass is 420 g/mol. The molecule has 1 fully saturated rings. The number of nitrogens with one attached hydrogen (secondary N) is 1. The van der Waals surface area contributed by atoms with Crippen molar-refractivity contribution in [3.05, 3.63) is 53.7 Å². The highest BCUT2D eigenvalue weighted by molar-refractivity contribution is 5.65. The van der Waals surface area contributed by atoms with Crippen LogP contribution in [-0.4, -0.2) is 61.8 Å². The van der Waals surface area contributed by atoms with Crippen molar-refractivity contribution in [1.29, 1.82) is 0 Å². The third-order valence-corrected chi connectivity index (χ3v) is 4.93. The van der Waals surface area contributed by atoms with Crippen LogP contribution in [0.15, 0.2) is 42.5 Å². The van der Waals surface area contributed by atoms with Gasteiger partial charge in [0.1, 0.15) is 0 Å². The lowest BCUT2D eigenvalue weighted by atomic mass is 10.2. The molecule has 0 unspecified atom stereocenters. The predicted octanol–water partition coefficient (Wildman–Crippen LogP) is 3.29. The summed E-state index contributed by atoms with van der Waals surface area (Å²) in [4.78, 5) is 18.9. The van der Waals surface area contributed by atoms with Gasteiger partial charge in [0.2, 0.25) is 5.95 Å². The van der Waals surface area contributed by atoms with E-state index in [2.05, 4.69) is 20.3 Å². The zero-order valence-corrected chi connectivity index (χ0v) is 15.8. The van der Waals surface area contributed by atoms with Gasteiger partial charge < -0.3 is 15.3 Å². The van der Waals surface area contributed by atoms with Crippen LogP contribution in [-0.2, 0) is 12.7 Å². The fourth-order valence-corrected chi connectivity index (χ4v) is 3.33. The summed E-state index contributed by atoms with van der Waals surface area (Å²) in [6.07, 6.45) is -5.29. The van der Waals surface area contributed by atoms with E-state index in [4.69, 9.17) is 5.11 Å². The summed E-state index contributed by atoms with van der Waals surface area (Å²) in [5.74, 6) is 0.276. The number of alkyl halides is 3. The number of halogens is 3. The topological polar surface area (TPSA) is 86.0 Å². The largest absolute Gasteiger partial charge is 0.465 e. The second kappa shape index (κ2) is 7.82. The number of pyridine rings is 1. The van der Waals surface area contributed by atoms with Crippen LogP contribution in [0.4, 0.5) is 29.6 Å². The lowest BCUT2D eigenvalue weighted by Crippen LogP contribution is -2.47. The van der Waals surface area contributed by atoms with Crippen LogP contribution in [0.5, 0.6) is 0 Å². The average Bonchev–Trinajstić information content (AvgIpc) is 3.11. The number of aromatic nitrogens is 3. The summed E-state index contributed by atoms with van der Waals surface area (Å²) in [6.45, 7) is 2.71. The lowest BCUT2D eigenvalue weighted by molar-refractivity contribution is -0.137. The van der Waals surface area contributed by atoms with Crippen molar-refractivity contribution >= 4 is 23.4 Å². The molecule has 30 heavy (non-hydrogen) atoms. The Labute approximate surface area is 169 Å². The highest BCUT2D eigenvalue weighted by Gasteiger charge is 2.30. The Morgan fingerprint density at radius 3 is 2.40 bits per heavy atom. The fourth-order valence-electron chi connectivity index (χ4n) is 3.33. The van der Waals surface area contributed by atoms with Crippen LogP contribution in [0.25, 0.3) is 5.65 Å². The number of carboxylic acid groups (broad SMARTS) is 1. The molecule has 1 aromatic carbocycles. The van der Waals surface area contributed by atoms with Gasteiger partial charge in [-0.25, -0.2) is 9.31 Å². The number of nitrogens with zero attached hydrogens (tertiary/aromatic N) is 5. The van der Waals surface area contributed by atoms with E-state index in [0.717, 1.165) is 17.8 Å². The van der Waals surface area contributed by atoms with Gasteiger partial charge in [-0.1, -0.05) is 6.07 Å². The first kappa shape index (κ1) is 20.0. The van der Waals surface area contributed by atoms with Crippen LogP contribution in [0.3, 0.4) is 0 Å². The van der Waals surface area contributed by atoms with Gasteiger partial charge in [0.15, 0.2) is 5.65 Å². The van der Waals surface area contributed by atoms with E-state index in [1.165, 1.54) is 17.0 Å². The molecule has 1 saturated heterocycles. The number of anilines is 2. The number of piperazine rings is 1. The summed E-state index contributed by atoms with van der Waals surface area (Å²) >= 11 is 0. The van der Waals surface area contributed by atoms with E-state index >= 15 is 0 Å². The molecule has 2 aromatic heterocycles. The molecule has 4 rings (SSSR count). The molecule has 0 bridgehead atoms. The lowest BCUT2D eigenvalue weighted by Gasteiger charge is -2.32. The molecule has 0 radical (unpaired) electrons. The standard InChI is InChI=1S/C19H19F3N6O2/c20-19(21,22)13-4-6-14(7-5-13)23-17-24-16-3-1-2-15(28(16)25-17)12-26-8-10-27(11-9-26)18(29)30/h1-7H,8-12H2,(H,23,25)(H,29,30). The molecule has 1 amide bonds. The van der Waals surface area contributed by atoms with Crippen molar-refractivity contribution in [3.8, 4) is 0 Å². The van der Waals surface area contributed by atoms with E-state index in [9.17, 15) is 18.0 Å². The first-order chi connectivity index (χ1) is 14.3. The smallest absolute Gasteiger partial charge is 0.416 e. The second-order valence-electron chi connectivity index (χ2n) is 6.97. The number of fused-ring (bicyclic) bond motifs is 1. The molecule has 2 N–H and O–H groups in total. The van der Waals surface area contributed by atoms with Crippen molar-refractivity contribution < 1.29 is 23.1 Å². The van der Waals surface area contributed by atoms with E-state index < -0.39 is 17.8 Å². The molecular weight excluding hydrogens is 401 g/mol. The van der Waals surface area contributed by atoms with Gasteiger partial charge in [-0.05, 0) is 36.4 Å². The minimum Gasteiger partial charge on any atom is -0.465 e. The number of rotatable bonds is 4. The van der Waals surface area contributed by atoms with Crippen LogP contribution >= 0.6 is 0 Å². The van der Waals surface area contributed by atoms with Crippen molar-refractivity contribution in [3.63, 3.8) is 0 Å². The molecule has 0 saturated carbocycles. The van der Waals surface area contributed by atoms with Crippen molar-refractivity contribution in [2.24, 2.45) is 0 Å². The highest BCUT2D eigenvalue weighted by atomic mass is 19.4. The third-order valence-electron chi connectivity index (χ3n) is 4.93. The molecule has 1 aliphatic rings. The maximum absolute atomic E-state index is 12.7. The highest BCUT2D eigenvalue weighted by Crippen LogP contribution is 2.30. The minimum atomic E-state index is -4.38. The number of hydrogen-bond acceptors (Lipinski definition) is 5. The number of carbonyl (C=O) groups is 1. The average molecular weight is 420 g/mol. The Hall–Kier alpha value is -3.34. The van der Waals surface area contributed by atoms with Crippen LogP contribution < -0.4 is 5.32 Å². The predicted molar refractivity (Wildman–Crippen MR) is 103 cm³/mol. The first-order valence-electron chi connectivity index (χ1n) is 9.29. The van der Waals surface area contributed by atoms with Crippen molar-refractivity contribution in [1.82, 2.24) is 24.4 Å².